The lowest BCUT2D eigenvalue weighted by molar-refractivity contribution is -0.137. The molecule has 0 unspecified atom stereocenters. The maximum atomic E-state index is 13.3. The van der Waals surface area contributed by atoms with E-state index in [4.69, 9.17) is 4.74 Å². The van der Waals surface area contributed by atoms with Gasteiger partial charge in [0.05, 0.1) is 19.8 Å². The van der Waals surface area contributed by atoms with Gasteiger partial charge in [0.15, 0.2) is 0 Å². The summed E-state index contributed by atoms with van der Waals surface area (Å²) in [5.41, 5.74) is 2.13. The molecule has 3 heterocycles. The Morgan fingerprint density at radius 3 is 2.68 bits per heavy atom. The van der Waals surface area contributed by atoms with Crippen LogP contribution < -0.4 is 10.6 Å². The largest absolute Gasteiger partial charge is 0.421 e. The number of aromatic nitrogens is 2. The van der Waals surface area contributed by atoms with Gasteiger partial charge in [-0.05, 0) is 42.5 Å². The number of anilines is 3. The Hall–Kier alpha value is -2.92. The van der Waals surface area contributed by atoms with Gasteiger partial charge in [0, 0.05) is 44.1 Å². The van der Waals surface area contributed by atoms with Gasteiger partial charge in [-0.15, -0.1) is 0 Å². The van der Waals surface area contributed by atoms with E-state index in [0.717, 1.165) is 43.1 Å². The van der Waals surface area contributed by atoms with Crippen molar-refractivity contribution in [3.8, 4) is 0 Å². The molecule has 3 aliphatic rings. The van der Waals surface area contributed by atoms with Crippen LogP contribution in [-0.2, 0) is 28.7 Å². The number of carbonyl (C=O) groups excluding carboxylic acids is 1. The first-order chi connectivity index (χ1) is 16.3. The van der Waals surface area contributed by atoms with Crippen LogP contribution in [0, 0.1) is 0 Å². The number of hydrogen-bond acceptors (Lipinski definition) is 7. The first kappa shape index (κ1) is 22.9. The van der Waals surface area contributed by atoms with Crippen molar-refractivity contribution in [2.75, 3.05) is 50.0 Å². The fourth-order valence-corrected chi connectivity index (χ4v) is 4.24. The van der Waals surface area contributed by atoms with E-state index in [-0.39, 0.29) is 23.7 Å². The molecule has 0 bridgehead atoms. The minimum atomic E-state index is -4.52. The van der Waals surface area contributed by atoms with E-state index in [1.165, 1.54) is 0 Å². The Kier molecular flexibility index (Phi) is 6.30. The molecule has 2 aliphatic heterocycles. The summed E-state index contributed by atoms with van der Waals surface area (Å²) < 4.78 is 45.2. The standard InChI is InChI=1S/C23H27F3N6O2/c24-23(25,26)19-12-27-22(30-21(19)28-17-3-4-17)29-18-2-1-16-13-31(6-5-15(16)11-18)14-20(33)32-7-9-34-10-8-32/h1-2,11-12,17H,3-10,13-14H2,(H2,27,28,29,30). The maximum Gasteiger partial charge on any atom is 0.421 e. The Bertz CT molecular complexity index is 1050. The van der Waals surface area contributed by atoms with Gasteiger partial charge in [0.1, 0.15) is 11.4 Å². The molecule has 1 aromatic carbocycles. The number of alkyl halides is 3. The first-order valence-corrected chi connectivity index (χ1v) is 11.5. The third-order valence-corrected chi connectivity index (χ3v) is 6.29. The molecule has 1 saturated carbocycles. The van der Waals surface area contributed by atoms with Crippen molar-refractivity contribution in [3.05, 3.63) is 41.1 Å². The number of halogens is 3. The molecule has 2 fully saturated rings. The van der Waals surface area contributed by atoms with Gasteiger partial charge in [-0.1, -0.05) is 6.07 Å². The molecule has 0 radical (unpaired) electrons. The van der Waals surface area contributed by atoms with Gasteiger partial charge in [-0.3, -0.25) is 9.69 Å². The zero-order valence-electron chi connectivity index (χ0n) is 18.7. The van der Waals surface area contributed by atoms with Crippen molar-refractivity contribution in [3.63, 3.8) is 0 Å². The number of nitrogens with zero attached hydrogens (tertiary/aromatic N) is 4. The van der Waals surface area contributed by atoms with E-state index in [1.54, 1.807) is 0 Å². The van der Waals surface area contributed by atoms with Gasteiger partial charge >= 0.3 is 6.18 Å². The fourth-order valence-electron chi connectivity index (χ4n) is 4.24. The van der Waals surface area contributed by atoms with Crippen LogP contribution in [0.3, 0.4) is 0 Å². The summed E-state index contributed by atoms with van der Waals surface area (Å²) in [4.78, 5) is 24.5. The molecule has 11 heteroatoms. The monoisotopic (exact) mass is 476 g/mol. The van der Waals surface area contributed by atoms with Gasteiger partial charge < -0.3 is 20.3 Å². The molecule has 0 spiro atoms. The van der Waals surface area contributed by atoms with E-state index in [0.29, 0.717) is 45.1 Å². The van der Waals surface area contributed by atoms with Gasteiger partial charge in [-0.2, -0.15) is 18.2 Å². The maximum absolute atomic E-state index is 13.3. The highest BCUT2D eigenvalue weighted by atomic mass is 19.4. The minimum absolute atomic E-state index is 0.0330. The molecule has 8 nitrogen and oxygen atoms in total. The molecule has 1 aromatic heterocycles. The van der Waals surface area contributed by atoms with Crippen LogP contribution in [0.25, 0.3) is 0 Å². The van der Waals surface area contributed by atoms with Gasteiger partial charge in [0.2, 0.25) is 11.9 Å². The molecule has 2 N–H and O–H groups in total. The molecule has 34 heavy (non-hydrogen) atoms. The van der Waals surface area contributed by atoms with E-state index in [9.17, 15) is 18.0 Å². The number of rotatable bonds is 6. The van der Waals surface area contributed by atoms with Gasteiger partial charge in [-0.25, -0.2) is 4.98 Å². The second kappa shape index (κ2) is 9.38. The minimum Gasteiger partial charge on any atom is -0.378 e. The van der Waals surface area contributed by atoms with Crippen LogP contribution in [-0.4, -0.2) is 71.1 Å². The Labute approximate surface area is 195 Å². The highest BCUT2D eigenvalue weighted by molar-refractivity contribution is 5.78. The molecule has 1 aliphatic carbocycles. The van der Waals surface area contributed by atoms with E-state index in [1.807, 2.05) is 23.1 Å². The normalized spacial score (nSPS) is 19.0. The molecular formula is C23H27F3N6O2. The third-order valence-electron chi connectivity index (χ3n) is 6.29. The van der Waals surface area contributed by atoms with Crippen molar-refractivity contribution in [1.29, 1.82) is 0 Å². The quantitative estimate of drug-likeness (QED) is 0.663. The second-order valence-electron chi connectivity index (χ2n) is 8.93. The molecule has 0 atom stereocenters. The molecule has 1 amide bonds. The number of hydrogen-bond donors (Lipinski definition) is 2. The zero-order chi connectivity index (χ0) is 23.7. The number of nitrogens with one attached hydrogen (secondary N) is 2. The van der Waals surface area contributed by atoms with Crippen LogP contribution in [0.4, 0.5) is 30.6 Å². The number of ether oxygens (including phenoxy) is 1. The van der Waals surface area contributed by atoms with Crippen LogP contribution in [0.5, 0.6) is 0 Å². The molecule has 1 saturated heterocycles. The Morgan fingerprint density at radius 1 is 1.15 bits per heavy atom. The second-order valence-corrected chi connectivity index (χ2v) is 8.93. The lowest BCUT2D eigenvalue weighted by Crippen LogP contribution is -2.46. The summed E-state index contributed by atoms with van der Waals surface area (Å²) >= 11 is 0. The fraction of sp³-hybridized carbons (Fsp3) is 0.522. The van der Waals surface area contributed by atoms with Crippen LogP contribution in [0.15, 0.2) is 24.4 Å². The van der Waals surface area contributed by atoms with Crippen molar-refractivity contribution < 1.29 is 22.7 Å². The summed E-state index contributed by atoms with van der Waals surface area (Å²) in [6.07, 6.45) is -1.24. The van der Waals surface area contributed by atoms with Crippen molar-refractivity contribution in [2.24, 2.45) is 0 Å². The zero-order valence-corrected chi connectivity index (χ0v) is 18.7. The number of amides is 1. The predicted molar refractivity (Wildman–Crippen MR) is 120 cm³/mol. The smallest absolute Gasteiger partial charge is 0.378 e. The van der Waals surface area contributed by atoms with Crippen molar-refractivity contribution in [1.82, 2.24) is 19.8 Å². The average Bonchev–Trinajstić information content (AvgIpc) is 3.63. The molecular weight excluding hydrogens is 449 g/mol. The predicted octanol–water partition coefficient (Wildman–Crippen LogP) is 3.03. The topological polar surface area (TPSA) is 82.6 Å². The number of carbonyl (C=O) groups is 1. The van der Waals surface area contributed by atoms with Gasteiger partial charge in [0.25, 0.3) is 0 Å². The highest BCUT2D eigenvalue weighted by Gasteiger charge is 2.37. The van der Waals surface area contributed by atoms with Crippen molar-refractivity contribution in [2.45, 2.75) is 38.0 Å². The van der Waals surface area contributed by atoms with E-state index < -0.39 is 11.7 Å². The summed E-state index contributed by atoms with van der Waals surface area (Å²) in [6, 6.07) is 5.86. The summed E-state index contributed by atoms with van der Waals surface area (Å²) in [7, 11) is 0. The summed E-state index contributed by atoms with van der Waals surface area (Å²) in [5, 5.41) is 5.89. The van der Waals surface area contributed by atoms with Crippen LogP contribution >= 0.6 is 0 Å². The average molecular weight is 477 g/mol. The van der Waals surface area contributed by atoms with Crippen LogP contribution in [0.2, 0.25) is 0 Å². The summed E-state index contributed by atoms with van der Waals surface area (Å²) in [5.74, 6) is 0.0516. The Balaban J connectivity index is 1.24. The van der Waals surface area contributed by atoms with E-state index in [2.05, 4.69) is 25.5 Å². The highest BCUT2D eigenvalue weighted by Crippen LogP contribution is 2.36. The SMILES string of the molecule is O=C(CN1CCc2cc(Nc3ncc(C(F)(F)F)c(NC4CC4)n3)ccc2C1)N1CCOCC1. The summed E-state index contributed by atoms with van der Waals surface area (Å²) in [6.45, 7) is 4.28. The third kappa shape index (κ3) is 5.41. The number of fused-ring (bicyclic) bond motifs is 1. The number of morpholine rings is 1. The molecule has 5 rings (SSSR count). The van der Waals surface area contributed by atoms with Crippen molar-refractivity contribution >= 4 is 23.4 Å². The lowest BCUT2D eigenvalue weighted by Gasteiger charge is -2.32. The first-order valence-electron chi connectivity index (χ1n) is 11.5. The van der Waals surface area contributed by atoms with E-state index >= 15 is 0 Å². The Morgan fingerprint density at radius 2 is 1.94 bits per heavy atom. The molecule has 182 valence electrons. The van der Waals surface area contributed by atoms with Crippen LogP contribution in [0.1, 0.15) is 29.5 Å². The lowest BCUT2D eigenvalue weighted by atomic mass is 9.99. The molecule has 2 aromatic rings. The number of benzene rings is 1.